The quantitative estimate of drug-likeness (QED) is 0.865. The lowest BCUT2D eigenvalue weighted by Gasteiger charge is -2.31. The number of hydrogen-bond donors (Lipinski definition) is 1. The van der Waals surface area contributed by atoms with Crippen molar-refractivity contribution < 1.29 is 9.59 Å². The van der Waals surface area contributed by atoms with Crippen LogP contribution >= 0.6 is 11.3 Å². The van der Waals surface area contributed by atoms with E-state index in [2.05, 4.69) is 17.4 Å². The second-order valence-electron chi connectivity index (χ2n) is 6.44. The van der Waals surface area contributed by atoms with Gasteiger partial charge in [0.1, 0.15) is 0 Å². The van der Waals surface area contributed by atoms with E-state index in [1.54, 1.807) is 11.3 Å². The molecule has 2 heterocycles. The fourth-order valence-electron chi connectivity index (χ4n) is 3.18. The van der Waals surface area contributed by atoms with Gasteiger partial charge in [-0.15, -0.1) is 11.3 Å². The third-order valence-electron chi connectivity index (χ3n) is 4.68. The number of hydrogen-bond acceptors (Lipinski definition) is 3. The van der Waals surface area contributed by atoms with E-state index >= 15 is 0 Å². The minimum Gasteiger partial charge on any atom is -0.356 e. The predicted octanol–water partition coefficient (Wildman–Crippen LogP) is 2.89. The van der Waals surface area contributed by atoms with Crippen LogP contribution in [0.15, 0.2) is 47.8 Å². The molecule has 4 nitrogen and oxygen atoms in total. The highest BCUT2D eigenvalue weighted by molar-refractivity contribution is 7.10. The standard InChI is InChI=1S/C20H24N2O2S/c23-19(15-18-7-4-14-25-18)22-12-9-17(10-13-22)20(24)21-11-8-16-5-2-1-3-6-16/h1-7,14,17H,8-13,15H2,(H,21,24). The molecular weight excluding hydrogens is 332 g/mol. The summed E-state index contributed by atoms with van der Waals surface area (Å²) in [7, 11) is 0. The molecule has 132 valence electrons. The molecule has 0 saturated carbocycles. The lowest BCUT2D eigenvalue weighted by molar-refractivity contribution is -0.135. The maximum absolute atomic E-state index is 12.3. The van der Waals surface area contributed by atoms with Gasteiger partial charge >= 0.3 is 0 Å². The zero-order chi connectivity index (χ0) is 17.5. The Morgan fingerprint density at radius 1 is 1.08 bits per heavy atom. The second kappa shape index (κ2) is 8.81. The van der Waals surface area contributed by atoms with Crippen molar-refractivity contribution in [2.45, 2.75) is 25.7 Å². The number of carbonyl (C=O) groups excluding carboxylic acids is 2. The molecule has 0 unspecified atom stereocenters. The van der Waals surface area contributed by atoms with Gasteiger partial charge in [0.15, 0.2) is 0 Å². The molecule has 1 fully saturated rings. The topological polar surface area (TPSA) is 49.4 Å². The van der Waals surface area contributed by atoms with Crippen LogP contribution in [0.1, 0.15) is 23.3 Å². The van der Waals surface area contributed by atoms with Crippen LogP contribution in [0, 0.1) is 5.92 Å². The van der Waals surface area contributed by atoms with Crippen LogP contribution in [0.5, 0.6) is 0 Å². The van der Waals surface area contributed by atoms with Gasteiger partial charge in [-0.2, -0.15) is 0 Å². The van der Waals surface area contributed by atoms with Gasteiger partial charge in [0.05, 0.1) is 6.42 Å². The number of nitrogens with zero attached hydrogens (tertiary/aromatic N) is 1. The smallest absolute Gasteiger partial charge is 0.227 e. The fraction of sp³-hybridized carbons (Fsp3) is 0.400. The van der Waals surface area contributed by atoms with Gasteiger partial charge in [0.25, 0.3) is 0 Å². The normalized spacial score (nSPS) is 15.1. The number of likely N-dealkylation sites (tertiary alicyclic amines) is 1. The first-order chi connectivity index (χ1) is 12.2. The van der Waals surface area contributed by atoms with Gasteiger partial charge in [-0.3, -0.25) is 9.59 Å². The van der Waals surface area contributed by atoms with Gasteiger partial charge < -0.3 is 10.2 Å². The zero-order valence-electron chi connectivity index (χ0n) is 14.3. The van der Waals surface area contributed by atoms with E-state index < -0.39 is 0 Å². The van der Waals surface area contributed by atoms with E-state index in [0.29, 0.717) is 26.1 Å². The second-order valence-corrected chi connectivity index (χ2v) is 7.47. The maximum atomic E-state index is 12.3. The lowest BCUT2D eigenvalue weighted by Crippen LogP contribution is -2.43. The van der Waals surface area contributed by atoms with Gasteiger partial charge in [-0.1, -0.05) is 36.4 Å². The minimum absolute atomic E-state index is 0.0292. The van der Waals surface area contributed by atoms with Crippen molar-refractivity contribution in [2.24, 2.45) is 5.92 Å². The molecule has 1 aliphatic heterocycles. The van der Waals surface area contributed by atoms with Gasteiger partial charge in [-0.25, -0.2) is 0 Å². The molecule has 0 aliphatic carbocycles. The largest absolute Gasteiger partial charge is 0.356 e. The molecule has 2 aromatic rings. The Kier molecular flexibility index (Phi) is 6.23. The molecule has 1 aromatic carbocycles. The van der Waals surface area contributed by atoms with Crippen LogP contribution in [-0.4, -0.2) is 36.3 Å². The number of carbonyl (C=O) groups is 2. The number of benzene rings is 1. The molecule has 3 rings (SSSR count). The highest BCUT2D eigenvalue weighted by Gasteiger charge is 2.27. The maximum Gasteiger partial charge on any atom is 0.227 e. The summed E-state index contributed by atoms with van der Waals surface area (Å²) < 4.78 is 0. The SMILES string of the molecule is O=C(NCCc1ccccc1)C1CCN(C(=O)Cc2cccs2)CC1. The average molecular weight is 356 g/mol. The summed E-state index contributed by atoms with van der Waals surface area (Å²) in [5, 5.41) is 5.04. The predicted molar refractivity (Wildman–Crippen MR) is 100 cm³/mol. The highest BCUT2D eigenvalue weighted by atomic mass is 32.1. The van der Waals surface area contributed by atoms with Crippen molar-refractivity contribution in [3.05, 3.63) is 58.3 Å². The summed E-state index contributed by atoms with van der Waals surface area (Å²) >= 11 is 1.62. The van der Waals surface area contributed by atoms with Crippen LogP contribution in [0.2, 0.25) is 0 Å². The Bertz CT molecular complexity index is 677. The van der Waals surface area contributed by atoms with E-state index in [9.17, 15) is 9.59 Å². The van der Waals surface area contributed by atoms with Crippen molar-refractivity contribution in [1.29, 1.82) is 0 Å². The summed E-state index contributed by atoms with van der Waals surface area (Å²) in [4.78, 5) is 27.6. The van der Waals surface area contributed by atoms with E-state index in [0.717, 1.165) is 24.1 Å². The molecule has 0 radical (unpaired) electrons. The molecule has 25 heavy (non-hydrogen) atoms. The molecule has 0 bridgehead atoms. The molecule has 2 amide bonds. The number of nitrogens with one attached hydrogen (secondary N) is 1. The van der Waals surface area contributed by atoms with Crippen molar-refractivity contribution in [3.8, 4) is 0 Å². The minimum atomic E-state index is 0.0292. The average Bonchev–Trinajstić information content (AvgIpc) is 3.15. The van der Waals surface area contributed by atoms with Crippen molar-refractivity contribution in [2.75, 3.05) is 19.6 Å². The van der Waals surface area contributed by atoms with Crippen LogP contribution in [0.3, 0.4) is 0 Å². The Morgan fingerprint density at radius 3 is 2.52 bits per heavy atom. The van der Waals surface area contributed by atoms with Crippen LogP contribution in [0.25, 0.3) is 0 Å². The molecule has 5 heteroatoms. The summed E-state index contributed by atoms with van der Waals surface area (Å²) in [6, 6.07) is 14.1. The van der Waals surface area contributed by atoms with E-state index in [1.807, 2.05) is 40.6 Å². The molecule has 0 atom stereocenters. The highest BCUT2D eigenvalue weighted by Crippen LogP contribution is 2.19. The number of piperidine rings is 1. The summed E-state index contributed by atoms with van der Waals surface area (Å²) in [5.41, 5.74) is 1.23. The monoisotopic (exact) mass is 356 g/mol. The fourth-order valence-corrected chi connectivity index (χ4v) is 3.88. The van der Waals surface area contributed by atoms with Gasteiger partial charge in [0, 0.05) is 30.4 Å². The van der Waals surface area contributed by atoms with Crippen LogP contribution in [0.4, 0.5) is 0 Å². The number of amides is 2. The Morgan fingerprint density at radius 2 is 1.84 bits per heavy atom. The Balaban J connectivity index is 1.38. The van der Waals surface area contributed by atoms with Crippen molar-refractivity contribution in [1.82, 2.24) is 10.2 Å². The van der Waals surface area contributed by atoms with Crippen LogP contribution < -0.4 is 5.32 Å². The summed E-state index contributed by atoms with van der Waals surface area (Å²) in [6.45, 7) is 2.03. The zero-order valence-corrected chi connectivity index (χ0v) is 15.1. The molecule has 1 aromatic heterocycles. The molecule has 1 saturated heterocycles. The first kappa shape index (κ1) is 17.7. The van der Waals surface area contributed by atoms with Gasteiger partial charge in [-0.05, 0) is 36.3 Å². The number of rotatable bonds is 6. The van der Waals surface area contributed by atoms with E-state index in [-0.39, 0.29) is 17.7 Å². The first-order valence-electron chi connectivity index (χ1n) is 8.84. The Labute approximate surface area is 152 Å². The summed E-state index contributed by atoms with van der Waals surface area (Å²) in [5.74, 6) is 0.327. The van der Waals surface area contributed by atoms with E-state index in [4.69, 9.17) is 0 Å². The van der Waals surface area contributed by atoms with Crippen LogP contribution in [-0.2, 0) is 22.4 Å². The third kappa shape index (κ3) is 5.16. The molecular formula is C20H24N2O2S. The number of thiophene rings is 1. The van der Waals surface area contributed by atoms with Gasteiger partial charge in [0.2, 0.25) is 11.8 Å². The molecule has 0 spiro atoms. The van der Waals surface area contributed by atoms with Crippen molar-refractivity contribution >= 4 is 23.2 Å². The summed E-state index contributed by atoms with van der Waals surface area (Å²) in [6.07, 6.45) is 2.84. The Hall–Kier alpha value is -2.14. The first-order valence-corrected chi connectivity index (χ1v) is 9.72. The molecule has 1 aliphatic rings. The van der Waals surface area contributed by atoms with Crippen molar-refractivity contribution in [3.63, 3.8) is 0 Å². The third-order valence-corrected chi connectivity index (χ3v) is 5.56. The van der Waals surface area contributed by atoms with E-state index in [1.165, 1.54) is 5.56 Å². The lowest BCUT2D eigenvalue weighted by atomic mass is 9.95. The molecule has 1 N–H and O–H groups in total.